The summed E-state index contributed by atoms with van der Waals surface area (Å²) < 4.78 is 0. The van der Waals surface area contributed by atoms with Gasteiger partial charge in [0.25, 0.3) is 0 Å². The van der Waals surface area contributed by atoms with Crippen molar-refractivity contribution in [2.24, 2.45) is 0 Å². The van der Waals surface area contributed by atoms with Crippen LogP contribution in [0.25, 0.3) is 0 Å². The van der Waals surface area contributed by atoms with E-state index in [0.717, 1.165) is 0 Å². The molecule has 0 spiro atoms. The summed E-state index contributed by atoms with van der Waals surface area (Å²) in [5.74, 6) is 0. The van der Waals surface area contributed by atoms with E-state index in [2.05, 4.69) is 24.5 Å². The molecule has 0 aromatic carbocycles. The summed E-state index contributed by atoms with van der Waals surface area (Å²) in [6.45, 7) is 10.3. The molecule has 0 radical (unpaired) electrons. The van der Waals surface area contributed by atoms with Gasteiger partial charge in [0, 0.05) is 0 Å². The van der Waals surface area contributed by atoms with Crippen molar-refractivity contribution in [2.45, 2.75) is 44.4 Å². The fourth-order valence-electron chi connectivity index (χ4n) is 1.59. The average Bonchev–Trinajstić information content (AvgIpc) is 2.07. The van der Waals surface area contributed by atoms with Gasteiger partial charge in [-0.2, -0.15) is 0 Å². The fraction of sp³-hybridized carbons (Fsp3) is 1.00. The van der Waals surface area contributed by atoms with Crippen LogP contribution < -0.4 is 4.89 Å². The van der Waals surface area contributed by atoms with E-state index in [-0.39, 0.29) is 17.7 Å². The second-order valence-electron chi connectivity index (χ2n) is 5.58. The van der Waals surface area contributed by atoms with Crippen molar-refractivity contribution in [3.8, 4) is 0 Å². The second kappa shape index (κ2) is 7.12. The molecule has 1 nitrogen and oxygen atoms in total. The Labute approximate surface area is 142 Å². The summed E-state index contributed by atoms with van der Waals surface area (Å²) in [4.78, 5) is 3.57. The number of hydrogen-bond donors (Lipinski definition) is 1. The number of rotatable bonds is 6. The molecule has 18 heavy (non-hydrogen) atoms. The average molecular weight is 424 g/mol. The Kier molecular flexibility index (Phi) is 8.07. The normalized spacial score (nSPS) is 17.5. The first-order valence-corrected chi connectivity index (χ1v) is 19.3. The quantitative estimate of drug-likeness (QED) is 0.435. The van der Waals surface area contributed by atoms with Gasteiger partial charge in [0.1, 0.15) is 8.24 Å². The van der Waals surface area contributed by atoms with Crippen molar-refractivity contribution < 1.29 is 0 Å². The smallest absolute Gasteiger partial charge is 0.338 e. The van der Waals surface area contributed by atoms with Crippen LogP contribution in [0.2, 0.25) is 30.5 Å². The summed E-state index contributed by atoms with van der Waals surface area (Å²) in [6, 6.07) is -5.68. The molecule has 0 aliphatic rings. The topological polar surface area (TPSA) is 12.0 Å². The van der Waals surface area contributed by atoms with Crippen LogP contribution in [-0.2, 0) is 0 Å². The summed E-state index contributed by atoms with van der Waals surface area (Å²) in [6.07, 6.45) is 0. The maximum atomic E-state index is 6.13. The van der Waals surface area contributed by atoms with Crippen molar-refractivity contribution in [3.63, 3.8) is 0 Å². The zero-order valence-corrected chi connectivity index (χ0v) is 18.5. The molecule has 0 bridgehead atoms. The lowest BCUT2D eigenvalue weighted by molar-refractivity contribution is 1.11. The van der Waals surface area contributed by atoms with Crippen LogP contribution in [0.4, 0.5) is 0 Å². The van der Waals surface area contributed by atoms with Crippen molar-refractivity contribution in [3.05, 3.63) is 0 Å². The van der Waals surface area contributed by atoms with Crippen LogP contribution in [0, 0.1) is 0 Å². The third kappa shape index (κ3) is 7.43. The third-order valence-electron chi connectivity index (χ3n) is 2.71. The van der Waals surface area contributed by atoms with E-state index in [1.54, 1.807) is 0 Å². The Bertz CT molecular complexity index is 256. The fourth-order valence-corrected chi connectivity index (χ4v) is 7.62. The largest absolute Gasteiger partial charge is 0.379 e. The zero-order valence-electron chi connectivity index (χ0n) is 11.0. The molecule has 0 rings (SSSR count). The Morgan fingerprint density at radius 2 is 1.06 bits per heavy atom. The molecule has 0 aromatic heterocycles. The minimum atomic E-state index is -2.84. The molecule has 0 aromatic rings. The molecule has 0 amide bonds. The summed E-state index contributed by atoms with van der Waals surface area (Å²) >= 11 is 36.8. The molecule has 11 heteroatoms. The highest BCUT2D eigenvalue weighted by Gasteiger charge is 2.50. The van der Waals surface area contributed by atoms with Gasteiger partial charge in [0.15, 0.2) is 0 Å². The Morgan fingerprint density at radius 1 is 0.778 bits per heavy atom. The minimum absolute atomic E-state index is 0.0602. The van der Waals surface area contributed by atoms with Gasteiger partial charge >= 0.3 is 12.0 Å². The first kappa shape index (κ1) is 20.4. The maximum Gasteiger partial charge on any atom is 0.338 e. The van der Waals surface area contributed by atoms with Crippen molar-refractivity contribution in [2.75, 3.05) is 0 Å². The van der Waals surface area contributed by atoms with Crippen molar-refractivity contribution in [1.82, 2.24) is 4.89 Å². The lowest BCUT2D eigenvalue weighted by atomic mass is 9.57. The highest BCUT2D eigenvalue weighted by molar-refractivity contribution is 7.68. The molecule has 1 N–H and O–H groups in total. The van der Waals surface area contributed by atoms with Crippen LogP contribution in [-0.4, -0.2) is 27.1 Å². The van der Waals surface area contributed by atoms with Crippen LogP contribution >= 0.6 is 66.5 Å². The molecule has 0 heterocycles. The molecule has 0 aliphatic heterocycles. The standard InChI is InChI=1S/C7H18BCl6NSi3/c1-6(17(9,10)11)8(15-16(3,4)5)7(2)18(12,13)14/h6-7,15H,1-5H3. The summed E-state index contributed by atoms with van der Waals surface area (Å²) in [5.41, 5.74) is -0.209. The Hall–Kier alpha value is 2.42. The predicted molar refractivity (Wildman–Crippen MR) is 97.7 cm³/mol. The molecule has 2 atom stereocenters. The molecule has 0 saturated heterocycles. The van der Waals surface area contributed by atoms with Crippen LogP contribution in [0.5, 0.6) is 0 Å². The van der Waals surface area contributed by atoms with Gasteiger partial charge in [-0.25, -0.2) is 0 Å². The molecule has 0 saturated carbocycles. The second-order valence-corrected chi connectivity index (χ2v) is 28.6. The van der Waals surface area contributed by atoms with E-state index in [9.17, 15) is 0 Å². The molecular weight excluding hydrogens is 406 g/mol. The van der Waals surface area contributed by atoms with E-state index in [1.807, 2.05) is 13.8 Å². The highest BCUT2D eigenvalue weighted by atomic mass is 35.8. The molecule has 0 aliphatic carbocycles. The lowest BCUT2D eigenvalue weighted by Gasteiger charge is -2.36. The third-order valence-corrected chi connectivity index (χ3v) is 12.9. The first-order valence-electron chi connectivity index (χ1n) is 5.57. The van der Waals surface area contributed by atoms with E-state index >= 15 is 0 Å². The van der Waals surface area contributed by atoms with E-state index in [4.69, 9.17) is 66.5 Å². The highest BCUT2D eigenvalue weighted by Crippen LogP contribution is 2.43. The minimum Gasteiger partial charge on any atom is -0.379 e. The summed E-state index contributed by atoms with van der Waals surface area (Å²) in [7, 11) is -1.56. The number of nitrogens with one attached hydrogen (secondary N) is 1. The van der Waals surface area contributed by atoms with Gasteiger partial charge < -0.3 is 4.89 Å². The maximum absolute atomic E-state index is 6.13. The number of hydrogen-bond acceptors (Lipinski definition) is 1. The van der Waals surface area contributed by atoms with Crippen LogP contribution in [0.15, 0.2) is 0 Å². The Balaban J connectivity index is 5.19. The monoisotopic (exact) mass is 421 g/mol. The van der Waals surface area contributed by atoms with Gasteiger partial charge in [0.2, 0.25) is 6.85 Å². The van der Waals surface area contributed by atoms with E-state index < -0.39 is 20.2 Å². The Morgan fingerprint density at radius 3 is 1.22 bits per heavy atom. The first-order chi connectivity index (χ1) is 7.66. The van der Waals surface area contributed by atoms with Crippen LogP contribution in [0.1, 0.15) is 13.8 Å². The van der Waals surface area contributed by atoms with Gasteiger partial charge in [-0.15, -0.1) is 66.5 Å². The SMILES string of the molecule is CC(B(N[Si](C)(C)C)C(C)[Si](Cl)(Cl)Cl)[Si](Cl)(Cl)Cl. The van der Waals surface area contributed by atoms with Crippen LogP contribution in [0.3, 0.4) is 0 Å². The molecule has 0 fully saturated rings. The summed E-state index contributed by atoms with van der Waals surface area (Å²) in [5, 5.41) is 0. The van der Waals surface area contributed by atoms with Gasteiger partial charge in [-0.3, -0.25) is 0 Å². The van der Waals surface area contributed by atoms with Crippen molar-refractivity contribution in [1.29, 1.82) is 0 Å². The predicted octanol–water partition coefficient (Wildman–Crippen LogP) is 5.57. The zero-order chi connectivity index (χ0) is 14.9. The molecule has 108 valence electrons. The van der Waals surface area contributed by atoms with E-state index in [1.165, 1.54) is 0 Å². The van der Waals surface area contributed by atoms with Gasteiger partial charge in [0.05, 0.1) is 0 Å². The molecular formula is C7H18BCl6NSi3. The van der Waals surface area contributed by atoms with Gasteiger partial charge in [-0.05, 0) is 10.9 Å². The number of halogens is 6. The van der Waals surface area contributed by atoms with Gasteiger partial charge in [-0.1, -0.05) is 33.5 Å². The lowest BCUT2D eigenvalue weighted by Crippen LogP contribution is -2.59. The molecule has 2 unspecified atom stereocenters. The van der Waals surface area contributed by atoms with Crippen molar-refractivity contribution >= 4 is 93.6 Å². The van der Waals surface area contributed by atoms with E-state index in [0.29, 0.717) is 0 Å².